The van der Waals surface area contributed by atoms with Gasteiger partial charge in [0, 0.05) is 17.5 Å². The van der Waals surface area contributed by atoms with Crippen LogP contribution in [0.4, 0.5) is 4.39 Å². The lowest BCUT2D eigenvalue weighted by atomic mass is 10.0. The number of ketones is 1. The predicted molar refractivity (Wildman–Crippen MR) is 108 cm³/mol. The minimum Gasteiger partial charge on any atom is -1.00 e. The van der Waals surface area contributed by atoms with Crippen LogP contribution in [0, 0.1) is 19.7 Å². The maximum Gasteiger partial charge on any atom is 0.257 e. The number of carbonyl (C=O) groups excluding carboxylic acids is 1. The summed E-state index contributed by atoms with van der Waals surface area (Å²) < 4.78 is 17.8. The van der Waals surface area contributed by atoms with Gasteiger partial charge in [0.25, 0.3) is 5.82 Å². The molecule has 3 nitrogen and oxygen atoms in total. The number of imidazole rings is 1. The first-order valence-corrected chi connectivity index (χ1v) is 10.0. The van der Waals surface area contributed by atoms with E-state index in [9.17, 15) is 9.18 Å². The van der Waals surface area contributed by atoms with Crippen molar-refractivity contribution in [1.29, 1.82) is 0 Å². The third kappa shape index (κ3) is 4.50. The van der Waals surface area contributed by atoms with E-state index in [1.54, 1.807) is 0 Å². The van der Waals surface area contributed by atoms with Crippen LogP contribution in [0.2, 0.25) is 0 Å². The molecule has 3 aromatic rings. The normalized spacial score (nSPS) is 13.3. The fourth-order valence-corrected chi connectivity index (χ4v) is 3.99. The van der Waals surface area contributed by atoms with Crippen molar-refractivity contribution in [2.45, 2.75) is 52.6 Å². The predicted octanol–water partition coefficient (Wildman–Crippen LogP) is 1.81. The third-order valence-electron chi connectivity index (χ3n) is 5.78. The second kappa shape index (κ2) is 9.04. The van der Waals surface area contributed by atoms with Crippen LogP contribution in [0.25, 0.3) is 11.3 Å². The Morgan fingerprint density at radius 3 is 2.52 bits per heavy atom. The summed E-state index contributed by atoms with van der Waals surface area (Å²) in [6.07, 6.45) is 6.47. The number of Topliss-reactive ketones (excluding diaryl/α,β-unsaturated/α-hetero) is 1. The van der Waals surface area contributed by atoms with Gasteiger partial charge >= 0.3 is 0 Å². The second-order valence-electron chi connectivity index (χ2n) is 7.75. The maximum absolute atomic E-state index is 13.4. The Bertz CT molecular complexity index is 1020. The van der Waals surface area contributed by atoms with Crippen LogP contribution in [-0.4, -0.2) is 10.4 Å². The summed E-state index contributed by atoms with van der Waals surface area (Å²) in [6, 6.07) is 12.5. The highest BCUT2D eigenvalue weighted by Gasteiger charge is 2.27. The minimum atomic E-state index is -0.232. The highest BCUT2D eigenvalue weighted by Crippen LogP contribution is 2.24. The summed E-state index contributed by atoms with van der Waals surface area (Å²) in [5, 5.41) is 0. The van der Waals surface area contributed by atoms with E-state index in [4.69, 9.17) is 0 Å². The van der Waals surface area contributed by atoms with Gasteiger partial charge in [-0.3, -0.25) is 4.79 Å². The smallest absolute Gasteiger partial charge is 0.257 e. The number of fused-ring (bicyclic) bond motifs is 1. The number of rotatable bonds is 4. The molecule has 2 aromatic carbocycles. The lowest BCUT2D eigenvalue weighted by molar-refractivity contribution is -0.690. The molecule has 1 aliphatic rings. The molecule has 29 heavy (non-hydrogen) atoms. The van der Waals surface area contributed by atoms with Crippen molar-refractivity contribution in [3.8, 4) is 11.3 Å². The zero-order chi connectivity index (χ0) is 19.7. The molecule has 152 valence electrons. The molecular weight excluding hydrogens is 431 g/mol. The van der Waals surface area contributed by atoms with Crippen molar-refractivity contribution in [2.24, 2.45) is 0 Å². The average molecular weight is 457 g/mol. The van der Waals surface area contributed by atoms with Crippen LogP contribution in [0.5, 0.6) is 0 Å². The van der Waals surface area contributed by atoms with E-state index in [0.717, 1.165) is 48.2 Å². The lowest BCUT2D eigenvalue weighted by Crippen LogP contribution is -3.00. The Hall–Kier alpha value is -2.27. The highest BCUT2D eigenvalue weighted by atomic mass is 79.9. The van der Waals surface area contributed by atoms with E-state index < -0.39 is 0 Å². The Kier molecular flexibility index (Phi) is 6.68. The number of aromatic nitrogens is 2. The van der Waals surface area contributed by atoms with Crippen molar-refractivity contribution in [3.63, 3.8) is 0 Å². The quantitative estimate of drug-likeness (QED) is 0.434. The van der Waals surface area contributed by atoms with E-state index in [2.05, 4.69) is 22.3 Å². The summed E-state index contributed by atoms with van der Waals surface area (Å²) in [7, 11) is 0. The van der Waals surface area contributed by atoms with Gasteiger partial charge in [-0.15, -0.1) is 0 Å². The molecule has 0 saturated carbocycles. The highest BCUT2D eigenvalue weighted by molar-refractivity contribution is 5.95. The largest absolute Gasteiger partial charge is 1.00 e. The standard InChI is InChI=1S/C24H26FN2O.BrH/c1-17-7-8-20(14-18(17)2)23(28)16-26-15-22(19-9-11-21(25)12-10-19)27-13-5-3-4-6-24(26)27;/h7-12,14-15H,3-6,13,16H2,1-2H3;1H/q+1;/p-1. The maximum atomic E-state index is 13.4. The first kappa shape index (κ1) is 21.4. The van der Waals surface area contributed by atoms with Crippen LogP contribution < -0.4 is 21.5 Å². The number of benzene rings is 2. The number of nitrogens with zero attached hydrogens (tertiary/aromatic N) is 2. The first-order chi connectivity index (χ1) is 13.5. The van der Waals surface area contributed by atoms with Gasteiger partial charge in [-0.05, 0) is 74.6 Å². The second-order valence-corrected chi connectivity index (χ2v) is 7.75. The van der Waals surface area contributed by atoms with E-state index in [1.165, 1.54) is 29.9 Å². The van der Waals surface area contributed by atoms with Gasteiger partial charge in [-0.1, -0.05) is 12.1 Å². The summed E-state index contributed by atoms with van der Waals surface area (Å²) >= 11 is 0. The molecule has 5 heteroatoms. The van der Waals surface area contributed by atoms with Gasteiger partial charge in [0.05, 0.1) is 6.54 Å². The van der Waals surface area contributed by atoms with Crippen molar-refractivity contribution in [2.75, 3.05) is 0 Å². The number of halogens is 2. The SMILES string of the molecule is Cc1ccc(C(=O)C[n+]2cc(-c3ccc(F)cc3)n3c2CCCCC3)cc1C.[Br-]. The van der Waals surface area contributed by atoms with E-state index in [-0.39, 0.29) is 28.6 Å². The summed E-state index contributed by atoms with van der Waals surface area (Å²) in [5.74, 6) is 1.08. The first-order valence-electron chi connectivity index (χ1n) is 10.0. The van der Waals surface area contributed by atoms with Crippen molar-refractivity contribution in [3.05, 3.63) is 77.0 Å². The topological polar surface area (TPSA) is 25.9 Å². The monoisotopic (exact) mass is 456 g/mol. The number of hydrogen-bond acceptors (Lipinski definition) is 1. The molecule has 0 amide bonds. The molecule has 0 radical (unpaired) electrons. The van der Waals surface area contributed by atoms with Crippen molar-refractivity contribution >= 4 is 5.78 Å². The Morgan fingerprint density at radius 1 is 1.03 bits per heavy atom. The van der Waals surface area contributed by atoms with Crippen LogP contribution in [0.15, 0.2) is 48.7 Å². The number of hydrogen-bond donors (Lipinski definition) is 0. The molecule has 0 N–H and O–H groups in total. The third-order valence-corrected chi connectivity index (χ3v) is 5.78. The van der Waals surface area contributed by atoms with Crippen LogP contribution in [-0.2, 0) is 19.5 Å². The van der Waals surface area contributed by atoms with E-state index >= 15 is 0 Å². The molecule has 4 rings (SSSR count). The van der Waals surface area contributed by atoms with Gasteiger partial charge in [0.15, 0.2) is 12.2 Å². The van der Waals surface area contributed by atoms with Crippen LogP contribution in [0.3, 0.4) is 0 Å². The molecule has 1 aromatic heterocycles. The van der Waals surface area contributed by atoms with E-state index in [1.807, 2.05) is 37.3 Å². The molecule has 0 spiro atoms. The molecule has 0 bridgehead atoms. The lowest BCUT2D eigenvalue weighted by Gasteiger charge is -2.05. The molecule has 0 aliphatic carbocycles. The Balaban J connectivity index is 0.00000240. The van der Waals surface area contributed by atoms with Crippen molar-refractivity contribution < 1.29 is 30.7 Å². The molecule has 2 heterocycles. The van der Waals surface area contributed by atoms with E-state index in [0.29, 0.717) is 6.54 Å². The molecule has 0 atom stereocenters. The molecule has 0 fully saturated rings. The fraction of sp³-hybridized carbons (Fsp3) is 0.333. The summed E-state index contributed by atoms with van der Waals surface area (Å²) in [4.78, 5) is 13.0. The van der Waals surface area contributed by atoms with Gasteiger partial charge < -0.3 is 17.0 Å². The Morgan fingerprint density at radius 2 is 1.79 bits per heavy atom. The molecule has 1 aliphatic heterocycles. The molecular formula is C24H26BrFN2O. The minimum absolute atomic E-state index is 0. The zero-order valence-electron chi connectivity index (χ0n) is 16.9. The summed E-state index contributed by atoms with van der Waals surface area (Å²) in [6.45, 7) is 5.36. The number of aryl methyl sites for hydroxylation is 2. The average Bonchev–Trinajstić information content (AvgIpc) is 2.86. The van der Waals surface area contributed by atoms with Gasteiger partial charge in [0.1, 0.15) is 12.0 Å². The zero-order valence-corrected chi connectivity index (χ0v) is 18.5. The van der Waals surface area contributed by atoms with Crippen LogP contribution >= 0.6 is 0 Å². The van der Waals surface area contributed by atoms with Gasteiger partial charge in [0.2, 0.25) is 5.78 Å². The Labute approximate surface area is 182 Å². The summed E-state index contributed by atoms with van der Waals surface area (Å²) in [5.41, 5.74) is 5.14. The van der Waals surface area contributed by atoms with Crippen LogP contribution in [0.1, 0.15) is 46.6 Å². The van der Waals surface area contributed by atoms with Gasteiger partial charge in [-0.25, -0.2) is 13.5 Å². The van der Waals surface area contributed by atoms with Crippen molar-refractivity contribution in [1.82, 2.24) is 4.57 Å². The fourth-order valence-electron chi connectivity index (χ4n) is 3.99. The molecule has 0 unspecified atom stereocenters. The number of carbonyl (C=O) groups is 1. The molecule has 0 saturated heterocycles. The van der Waals surface area contributed by atoms with Gasteiger partial charge in [-0.2, -0.15) is 0 Å².